The van der Waals surface area contributed by atoms with Crippen LogP contribution in [0.5, 0.6) is 0 Å². The maximum absolute atomic E-state index is 4.65. The van der Waals surface area contributed by atoms with E-state index in [4.69, 9.17) is 0 Å². The molecule has 0 fully saturated rings. The third-order valence-corrected chi connectivity index (χ3v) is 5.21. The Kier molecular flexibility index (Phi) is 6.64. The monoisotopic (exact) mass is 359 g/mol. The Hall–Kier alpha value is -1.66. The minimum absolute atomic E-state index is 0. The summed E-state index contributed by atoms with van der Waals surface area (Å²) in [5, 5.41) is 10.5. The van der Waals surface area contributed by atoms with Crippen LogP contribution >= 0.6 is 11.8 Å². The largest absolute Gasteiger partial charge is 0.338 e. The smallest absolute Gasteiger partial charge is 0.211 e. The van der Waals surface area contributed by atoms with Gasteiger partial charge in [0.05, 0.1) is 0 Å². The van der Waals surface area contributed by atoms with Crippen LogP contribution in [0.3, 0.4) is 0 Å². The zero-order valence-electron chi connectivity index (χ0n) is 15.2. The first kappa shape index (κ1) is 18.1. The van der Waals surface area contributed by atoms with Crippen molar-refractivity contribution in [2.45, 2.75) is 44.7 Å². The second-order valence-electron chi connectivity index (χ2n) is 6.36. The SMILES string of the molecule is CCCCN(CCCC)CCSc1nnc2c(n1)[nH]c1ccccc12.[HH]. The highest BCUT2D eigenvalue weighted by Crippen LogP contribution is 2.23. The maximum atomic E-state index is 4.65. The van der Waals surface area contributed by atoms with E-state index in [1.807, 2.05) is 18.2 Å². The standard InChI is InChI=1S/C19H27N5S.H2/c1-3-5-11-24(12-6-4-2)13-14-25-19-21-18-17(22-23-19)15-9-7-8-10-16(15)20-18;/h7-10H,3-6,11-14H2,1-2H3,(H,20,21,23);1H. The molecule has 6 heteroatoms. The number of benzene rings is 1. The second kappa shape index (κ2) is 9.15. The normalized spacial score (nSPS) is 11.8. The Morgan fingerprint density at radius 2 is 1.80 bits per heavy atom. The summed E-state index contributed by atoms with van der Waals surface area (Å²) in [4.78, 5) is 10.5. The van der Waals surface area contributed by atoms with Gasteiger partial charge in [0.2, 0.25) is 5.16 Å². The molecular formula is C19H29N5S. The lowest BCUT2D eigenvalue weighted by atomic mass is 10.2. The quantitative estimate of drug-likeness (QED) is 0.530. The van der Waals surface area contributed by atoms with E-state index in [1.165, 1.54) is 38.8 Å². The van der Waals surface area contributed by atoms with Crippen LogP contribution in [0.15, 0.2) is 29.4 Å². The van der Waals surface area contributed by atoms with Gasteiger partial charge in [-0.2, -0.15) is 0 Å². The number of nitrogens with one attached hydrogen (secondary N) is 1. The molecule has 0 radical (unpaired) electrons. The molecule has 3 aromatic rings. The first-order valence-corrected chi connectivity index (χ1v) is 10.3. The number of nitrogens with zero attached hydrogens (tertiary/aromatic N) is 4. The lowest BCUT2D eigenvalue weighted by Crippen LogP contribution is -2.28. The maximum Gasteiger partial charge on any atom is 0.211 e. The zero-order valence-corrected chi connectivity index (χ0v) is 16.0. The average molecular weight is 360 g/mol. The van der Waals surface area contributed by atoms with Crippen molar-refractivity contribution in [2.24, 2.45) is 0 Å². The molecule has 1 aromatic carbocycles. The molecule has 25 heavy (non-hydrogen) atoms. The zero-order chi connectivity index (χ0) is 17.5. The Balaban J connectivity index is 0.00000243. The van der Waals surface area contributed by atoms with Gasteiger partial charge < -0.3 is 9.88 Å². The van der Waals surface area contributed by atoms with Crippen LogP contribution in [0, 0.1) is 0 Å². The number of rotatable bonds is 10. The molecule has 0 aliphatic carbocycles. The highest BCUT2D eigenvalue weighted by molar-refractivity contribution is 7.99. The molecule has 1 N–H and O–H groups in total. The van der Waals surface area contributed by atoms with Crippen LogP contribution in [0.4, 0.5) is 0 Å². The Labute approximate surface area is 155 Å². The second-order valence-corrected chi connectivity index (χ2v) is 7.42. The summed E-state index contributed by atoms with van der Waals surface area (Å²) in [5.41, 5.74) is 2.74. The van der Waals surface area contributed by atoms with Gasteiger partial charge in [0.25, 0.3) is 0 Å². The number of fused-ring (bicyclic) bond motifs is 3. The van der Waals surface area contributed by atoms with Crippen molar-refractivity contribution < 1.29 is 1.43 Å². The molecule has 0 saturated heterocycles. The van der Waals surface area contributed by atoms with Crippen LogP contribution in [0.1, 0.15) is 41.0 Å². The average Bonchev–Trinajstić information content (AvgIpc) is 3.01. The third kappa shape index (κ3) is 4.70. The number of aromatic nitrogens is 4. The molecule has 0 bridgehead atoms. The summed E-state index contributed by atoms with van der Waals surface area (Å²) in [5.74, 6) is 1.00. The van der Waals surface area contributed by atoms with Crippen molar-refractivity contribution in [3.63, 3.8) is 0 Å². The number of thioether (sulfide) groups is 1. The van der Waals surface area contributed by atoms with Crippen molar-refractivity contribution >= 4 is 33.8 Å². The molecule has 2 aromatic heterocycles. The number of unbranched alkanes of at least 4 members (excludes halogenated alkanes) is 2. The Morgan fingerprint density at radius 1 is 1.04 bits per heavy atom. The lowest BCUT2D eigenvalue weighted by molar-refractivity contribution is 0.281. The van der Waals surface area contributed by atoms with Gasteiger partial charge >= 0.3 is 0 Å². The predicted octanol–water partition coefficient (Wildman–Crippen LogP) is 4.75. The summed E-state index contributed by atoms with van der Waals surface area (Å²) in [7, 11) is 0. The first-order valence-electron chi connectivity index (χ1n) is 9.28. The number of hydrogen-bond acceptors (Lipinski definition) is 5. The molecule has 0 aliphatic rings. The van der Waals surface area contributed by atoms with E-state index >= 15 is 0 Å². The number of para-hydroxylation sites is 1. The summed E-state index contributed by atoms with van der Waals surface area (Å²) in [6, 6.07) is 8.13. The van der Waals surface area contributed by atoms with E-state index in [0.717, 1.165) is 39.5 Å². The molecule has 0 unspecified atom stereocenters. The van der Waals surface area contributed by atoms with Crippen LogP contribution < -0.4 is 0 Å². The molecule has 0 saturated carbocycles. The highest BCUT2D eigenvalue weighted by atomic mass is 32.2. The van der Waals surface area contributed by atoms with Crippen LogP contribution in [-0.2, 0) is 0 Å². The van der Waals surface area contributed by atoms with Crippen LogP contribution in [0.2, 0.25) is 0 Å². The Bertz CT molecular complexity index is 799. The van der Waals surface area contributed by atoms with E-state index in [9.17, 15) is 0 Å². The molecule has 2 heterocycles. The molecule has 0 amide bonds. The summed E-state index contributed by atoms with van der Waals surface area (Å²) in [6.07, 6.45) is 5.04. The van der Waals surface area contributed by atoms with Gasteiger partial charge in [-0.3, -0.25) is 0 Å². The van der Waals surface area contributed by atoms with Gasteiger partial charge in [-0.15, -0.1) is 10.2 Å². The van der Waals surface area contributed by atoms with Gasteiger partial charge in [0, 0.05) is 24.6 Å². The van der Waals surface area contributed by atoms with Crippen LogP contribution in [-0.4, -0.2) is 50.5 Å². The minimum atomic E-state index is 0. The van der Waals surface area contributed by atoms with Crippen molar-refractivity contribution in [3.8, 4) is 0 Å². The van der Waals surface area contributed by atoms with Crippen molar-refractivity contribution in [2.75, 3.05) is 25.4 Å². The van der Waals surface area contributed by atoms with Crippen molar-refractivity contribution in [3.05, 3.63) is 24.3 Å². The van der Waals surface area contributed by atoms with Gasteiger partial charge in [-0.25, -0.2) is 4.98 Å². The minimum Gasteiger partial charge on any atom is -0.338 e. The molecule has 0 atom stereocenters. The molecular weight excluding hydrogens is 330 g/mol. The fraction of sp³-hybridized carbons (Fsp3) is 0.526. The molecule has 0 aliphatic heterocycles. The van der Waals surface area contributed by atoms with E-state index in [-0.39, 0.29) is 1.43 Å². The van der Waals surface area contributed by atoms with Gasteiger partial charge in [0.15, 0.2) is 5.65 Å². The van der Waals surface area contributed by atoms with E-state index in [1.54, 1.807) is 11.8 Å². The third-order valence-electron chi connectivity index (χ3n) is 4.40. The van der Waals surface area contributed by atoms with Crippen LogP contribution in [0.25, 0.3) is 22.1 Å². The summed E-state index contributed by atoms with van der Waals surface area (Å²) >= 11 is 1.69. The number of H-pyrrole nitrogens is 1. The number of aromatic amines is 1. The fourth-order valence-corrected chi connectivity index (χ4v) is 3.72. The molecule has 136 valence electrons. The lowest BCUT2D eigenvalue weighted by Gasteiger charge is -2.21. The molecule has 0 spiro atoms. The van der Waals surface area contributed by atoms with Crippen molar-refractivity contribution in [1.29, 1.82) is 0 Å². The molecule has 3 rings (SSSR count). The van der Waals surface area contributed by atoms with Gasteiger partial charge in [-0.05, 0) is 32.0 Å². The molecule has 5 nitrogen and oxygen atoms in total. The van der Waals surface area contributed by atoms with Gasteiger partial charge in [0.1, 0.15) is 5.52 Å². The van der Waals surface area contributed by atoms with Crippen molar-refractivity contribution in [1.82, 2.24) is 25.1 Å². The fourth-order valence-electron chi connectivity index (χ4n) is 2.93. The summed E-state index contributed by atoms with van der Waals surface area (Å²) < 4.78 is 0. The summed E-state index contributed by atoms with van der Waals surface area (Å²) in [6.45, 7) is 7.97. The van der Waals surface area contributed by atoms with E-state index in [2.05, 4.69) is 45.0 Å². The van der Waals surface area contributed by atoms with E-state index < -0.39 is 0 Å². The van der Waals surface area contributed by atoms with Gasteiger partial charge in [-0.1, -0.05) is 56.7 Å². The number of hydrogen-bond donors (Lipinski definition) is 1. The van der Waals surface area contributed by atoms with E-state index in [0.29, 0.717) is 0 Å². The highest BCUT2D eigenvalue weighted by Gasteiger charge is 2.10. The predicted molar refractivity (Wildman–Crippen MR) is 108 cm³/mol. The Morgan fingerprint density at radius 3 is 2.56 bits per heavy atom. The first-order chi connectivity index (χ1) is 12.3. The topological polar surface area (TPSA) is 57.7 Å².